The molecule has 0 spiro atoms. The maximum atomic E-state index is 5.22. The molecule has 0 heterocycles. The second kappa shape index (κ2) is 31.5. The molecule has 0 bridgehead atoms. The lowest BCUT2D eigenvalue weighted by Gasteiger charge is -2.45. The Morgan fingerprint density at radius 2 is 1.40 bits per heavy atom. The summed E-state index contributed by atoms with van der Waals surface area (Å²) < 4.78 is 0. The summed E-state index contributed by atoms with van der Waals surface area (Å²) in [6.45, 7) is 56.1. The van der Waals surface area contributed by atoms with E-state index in [1.54, 1.807) is 6.08 Å². The Balaban J connectivity index is 0. The van der Waals surface area contributed by atoms with E-state index in [2.05, 4.69) is 132 Å². The summed E-state index contributed by atoms with van der Waals surface area (Å²) in [6.07, 6.45) is 29.3. The third-order valence-electron chi connectivity index (χ3n) is 13.6. The van der Waals surface area contributed by atoms with E-state index in [0.717, 1.165) is 72.4 Å². The van der Waals surface area contributed by atoms with Crippen molar-refractivity contribution in [2.75, 3.05) is 6.54 Å². The second-order valence-corrected chi connectivity index (χ2v) is 19.4. The molecule has 2 N–H and O–H groups in total. The molecule has 0 aliphatic heterocycles. The van der Waals surface area contributed by atoms with Crippen molar-refractivity contribution in [3.8, 4) is 12.3 Å². The molecule has 0 amide bonds. The third-order valence-corrected chi connectivity index (χ3v) is 13.6. The molecule has 7 unspecified atom stereocenters. The summed E-state index contributed by atoms with van der Waals surface area (Å²) in [5.41, 5.74) is 6.90. The molecule has 2 heteroatoms. The quantitative estimate of drug-likeness (QED) is 0.0923. The normalized spacial score (nSPS) is 23.5. The van der Waals surface area contributed by atoms with Gasteiger partial charge in [0, 0.05) is 24.4 Å². The fraction of sp³-hybridized carbons (Fsp3) is 0.750. The van der Waals surface area contributed by atoms with Crippen LogP contribution in [-0.2, 0) is 0 Å². The van der Waals surface area contributed by atoms with Crippen LogP contribution in [0.2, 0.25) is 0 Å². The molecule has 0 saturated heterocycles. The Morgan fingerprint density at radius 3 is 1.83 bits per heavy atom. The van der Waals surface area contributed by atoms with Gasteiger partial charge >= 0.3 is 0 Å². The van der Waals surface area contributed by atoms with Crippen molar-refractivity contribution >= 4 is 0 Å². The Bertz CT molecular complexity index is 1210. The highest BCUT2D eigenvalue weighted by atomic mass is 14.9. The fourth-order valence-corrected chi connectivity index (χ4v) is 9.91. The van der Waals surface area contributed by atoms with E-state index in [4.69, 9.17) is 6.42 Å². The Hall–Kier alpha value is -2.40. The molecule has 4 aliphatic carbocycles. The average molecular weight is 803 g/mol. The molecule has 4 fully saturated rings. The van der Waals surface area contributed by atoms with Gasteiger partial charge in [0.05, 0.1) is 6.04 Å². The predicted molar refractivity (Wildman–Crippen MR) is 267 cm³/mol. The molecule has 4 saturated carbocycles. The fourth-order valence-electron chi connectivity index (χ4n) is 9.91. The van der Waals surface area contributed by atoms with Crippen LogP contribution in [0.5, 0.6) is 0 Å². The van der Waals surface area contributed by atoms with Crippen LogP contribution < -0.4 is 10.6 Å². The van der Waals surface area contributed by atoms with Crippen LogP contribution in [0.4, 0.5) is 0 Å². The first-order valence-electron chi connectivity index (χ1n) is 24.2. The zero-order valence-electron chi connectivity index (χ0n) is 41.7. The highest BCUT2D eigenvalue weighted by Gasteiger charge is 2.66. The van der Waals surface area contributed by atoms with Crippen LogP contribution in [-0.4, -0.2) is 12.6 Å². The smallest absolute Gasteiger partial charge is 0.0524 e. The number of terminal acetylenes is 1. The van der Waals surface area contributed by atoms with E-state index in [-0.39, 0.29) is 0 Å². The SMILES string of the molecule is C#CCCC(C)C(=C)C(=C)NCCC.C=C(C)CCC(C)C1CCCCC1.C=C(C)NC(C(=C)C1CC2C(C1C)C2(C)C)C1(C)CCCCC1.C=CC.CC.CCC. The van der Waals surface area contributed by atoms with E-state index in [0.29, 0.717) is 28.7 Å². The topological polar surface area (TPSA) is 24.1 Å². The first-order chi connectivity index (χ1) is 27.3. The standard InChI is InChI=1S/C22H37N.C13H21N.C13H24.C3H8.C3H6.C2H6/c1-14(2)23-20(22(7)11-9-8-10-12-22)16(4)17-13-18-19(15(17)3)21(18,5)6;1-6-8-9-11(3)12(4)13(5)14-10-7-2;1-11(2)9-10-12(3)13-7-5-4-6-8-13;2*1-3-2;1-2/h15,17-20,23H,1,4,8-13H2,2-3,5-7H3;1,11,14H,4-5,7-10H2,2-3H3;12-13H,1,4-10H2,2-3H3;3H2,1-2H3;3H,1H2,2H3;1-2H3. The van der Waals surface area contributed by atoms with Crippen LogP contribution in [0.3, 0.4) is 0 Å². The van der Waals surface area contributed by atoms with Crippen molar-refractivity contribution in [2.45, 2.75) is 212 Å². The van der Waals surface area contributed by atoms with Gasteiger partial charge in [-0.05, 0) is 124 Å². The van der Waals surface area contributed by atoms with Crippen LogP contribution >= 0.6 is 0 Å². The molecule has 0 aromatic heterocycles. The number of hydrogen-bond donors (Lipinski definition) is 2. The average Bonchev–Trinajstić information content (AvgIpc) is 3.54. The van der Waals surface area contributed by atoms with Gasteiger partial charge in [0.15, 0.2) is 0 Å². The van der Waals surface area contributed by atoms with E-state index < -0.39 is 0 Å². The van der Waals surface area contributed by atoms with Gasteiger partial charge in [-0.3, -0.25) is 0 Å². The summed E-state index contributed by atoms with van der Waals surface area (Å²) in [7, 11) is 0. The number of fused-ring (bicyclic) bond motifs is 1. The molecular formula is C56H102N2. The lowest BCUT2D eigenvalue weighted by molar-refractivity contribution is 0.156. The zero-order chi connectivity index (χ0) is 45.1. The van der Waals surface area contributed by atoms with Gasteiger partial charge < -0.3 is 10.6 Å². The molecule has 0 aromatic rings. The summed E-state index contributed by atoms with van der Waals surface area (Å²) in [5.74, 6) is 8.37. The van der Waals surface area contributed by atoms with Gasteiger partial charge in [-0.2, -0.15) is 0 Å². The number of nitrogens with one attached hydrogen (secondary N) is 2. The van der Waals surface area contributed by atoms with Crippen molar-refractivity contribution in [3.05, 3.63) is 73.7 Å². The summed E-state index contributed by atoms with van der Waals surface area (Å²) in [6, 6.07) is 0.411. The highest BCUT2D eigenvalue weighted by Crippen LogP contribution is 2.71. The van der Waals surface area contributed by atoms with E-state index in [9.17, 15) is 0 Å². The number of hydrogen-bond acceptors (Lipinski definition) is 2. The van der Waals surface area contributed by atoms with Crippen molar-refractivity contribution < 1.29 is 0 Å². The molecule has 0 radical (unpaired) electrons. The third kappa shape index (κ3) is 20.7. The Kier molecular flexibility index (Phi) is 31.3. The monoisotopic (exact) mass is 803 g/mol. The molecule has 4 aliphatic rings. The maximum Gasteiger partial charge on any atom is 0.0524 e. The molecule has 0 aromatic carbocycles. The number of allylic oxidation sites excluding steroid dienone is 4. The maximum absolute atomic E-state index is 5.22. The van der Waals surface area contributed by atoms with Crippen LogP contribution in [0.25, 0.3) is 0 Å². The van der Waals surface area contributed by atoms with Gasteiger partial charge in [-0.25, -0.2) is 0 Å². The lowest BCUT2D eigenvalue weighted by Crippen LogP contribution is -2.47. The minimum absolute atomic E-state index is 0.357. The molecule has 2 nitrogen and oxygen atoms in total. The first-order valence-corrected chi connectivity index (χ1v) is 24.2. The Morgan fingerprint density at radius 1 is 0.879 bits per heavy atom. The van der Waals surface area contributed by atoms with Gasteiger partial charge in [0.1, 0.15) is 0 Å². The minimum atomic E-state index is 0.357. The van der Waals surface area contributed by atoms with Crippen LogP contribution in [0.15, 0.2) is 73.7 Å². The Labute approximate surface area is 366 Å². The largest absolute Gasteiger partial charge is 0.385 e. The molecular weight excluding hydrogens is 701 g/mol. The van der Waals surface area contributed by atoms with Crippen LogP contribution in [0, 0.1) is 64.6 Å². The van der Waals surface area contributed by atoms with Crippen molar-refractivity contribution in [3.63, 3.8) is 0 Å². The van der Waals surface area contributed by atoms with Gasteiger partial charge in [-0.15, -0.1) is 25.5 Å². The van der Waals surface area contributed by atoms with E-state index in [1.165, 1.54) is 101 Å². The van der Waals surface area contributed by atoms with Crippen molar-refractivity contribution in [2.24, 2.45) is 52.3 Å². The zero-order valence-corrected chi connectivity index (χ0v) is 41.7. The highest BCUT2D eigenvalue weighted by molar-refractivity contribution is 5.27. The summed E-state index contributed by atoms with van der Waals surface area (Å²) in [4.78, 5) is 0. The van der Waals surface area contributed by atoms with Gasteiger partial charge in [0.25, 0.3) is 0 Å². The van der Waals surface area contributed by atoms with E-state index in [1.807, 2.05) is 20.8 Å². The predicted octanol–water partition coefficient (Wildman–Crippen LogP) is 17.2. The molecule has 4 rings (SSSR count). The number of rotatable bonds is 16. The second-order valence-electron chi connectivity index (χ2n) is 19.4. The van der Waals surface area contributed by atoms with Crippen molar-refractivity contribution in [1.82, 2.24) is 10.6 Å². The summed E-state index contributed by atoms with van der Waals surface area (Å²) >= 11 is 0. The molecule has 336 valence electrons. The molecule has 7 atom stereocenters. The lowest BCUT2D eigenvalue weighted by atomic mass is 9.65. The van der Waals surface area contributed by atoms with E-state index >= 15 is 0 Å². The van der Waals surface area contributed by atoms with Gasteiger partial charge in [-0.1, -0.05) is 177 Å². The van der Waals surface area contributed by atoms with Crippen LogP contribution in [0.1, 0.15) is 206 Å². The first kappa shape index (κ1) is 57.7. The van der Waals surface area contributed by atoms with Gasteiger partial charge in [0.2, 0.25) is 0 Å². The van der Waals surface area contributed by atoms with Crippen molar-refractivity contribution in [1.29, 1.82) is 0 Å². The summed E-state index contributed by atoms with van der Waals surface area (Å²) in [5, 5.41) is 6.99. The minimum Gasteiger partial charge on any atom is -0.385 e. The molecule has 58 heavy (non-hydrogen) atoms.